The molecule has 4 atom stereocenters. The second-order valence-electron chi connectivity index (χ2n) is 7.37. The highest BCUT2D eigenvalue weighted by Gasteiger charge is 2.52. The Kier molecular flexibility index (Phi) is 5.31. The molecular formula is C23H22N2O5. The normalized spacial score (nSPS) is 24.3. The number of fused-ring (bicyclic) bond motifs is 3. The highest BCUT2D eigenvalue weighted by atomic mass is 16.6. The summed E-state index contributed by atoms with van der Waals surface area (Å²) in [6.45, 7) is 1.29. The maximum atomic E-state index is 11.6. The largest absolute Gasteiger partial charge is 0.453 e. The lowest BCUT2D eigenvalue weighted by Crippen LogP contribution is -2.38. The Labute approximate surface area is 173 Å². The molecule has 7 nitrogen and oxygen atoms in total. The van der Waals surface area contributed by atoms with E-state index in [0.29, 0.717) is 19.8 Å². The summed E-state index contributed by atoms with van der Waals surface area (Å²) in [6, 6.07) is 21.6. The lowest BCUT2D eigenvalue weighted by Gasteiger charge is -2.22. The van der Waals surface area contributed by atoms with E-state index in [9.17, 15) is 4.79 Å². The third kappa shape index (κ3) is 3.87. The molecule has 1 aromatic heterocycles. The quantitative estimate of drug-likeness (QED) is 0.601. The maximum absolute atomic E-state index is 11.6. The summed E-state index contributed by atoms with van der Waals surface area (Å²) in [5.74, 6) is 0. The molecule has 0 aliphatic carbocycles. The summed E-state index contributed by atoms with van der Waals surface area (Å²) in [5, 5.41) is 0. The third-order valence-electron chi connectivity index (χ3n) is 5.28. The zero-order valence-corrected chi connectivity index (χ0v) is 16.3. The molecule has 0 amide bonds. The number of hydrogen-bond acceptors (Lipinski definition) is 6. The Morgan fingerprint density at radius 2 is 1.63 bits per heavy atom. The van der Waals surface area contributed by atoms with Crippen LogP contribution in [-0.4, -0.2) is 34.5 Å². The first-order valence-electron chi connectivity index (χ1n) is 9.96. The molecule has 154 valence electrons. The highest BCUT2D eigenvalue weighted by Crippen LogP contribution is 2.40. The molecule has 3 aromatic rings. The SMILES string of the molecule is O=c1ccn2c(n1)O[C@H]1[C@H](OCc3ccccc3)[C@@H](COCc3ccccc3)O[C@H]12. The molecule has 0 bridgehead atoms. The minimum atomic E-state index is -0.404. The van der Waals surface area contributed by atoms with Crippen LogP contribution in [0.4, 0.5) is 0 Å². The third-order valence-corrected chi connectivity index (χ3v) is 5.28. The van der Waals surface area contributed by atoms with Crippen molar-refractivity contribution < 1.29 is 18.9 Å². The highest BCUT2D eigenvalue weighted by molar-refractivity contribution is 5.15. The van der Waals surface area contributed by atoms with Gasteiger partial charge in [0.05, 0.1) is 19.8 Å². The van der Waals surface area contributed by atoms with Gasteiger partial charge in [-0.15, -0.1) is 0 Å². The van der Waals surface area contributed by atoms with Gasteiger partial charge in [-0.25, -0.2) is 0 Å². The van der Waals surface area contributed by atoms with Gasteiger partial charge in [0.25, 0.3) is 5.56 Å². The van der Waals surface area contributed by atoms with Crippen LogP contribution in [0.25, 0.3) is 0 Å². The summed E-state index contributed by atoms with van der Waals surface area (Å²) in [4.78, 5) is 15.5. The van der Waals surface area contributed by atoms with Crippen LogP contribution in [0.3, 0.4) is 0 Å². The lowest BCUT2D eigenvalue weighted by molar-refractivity contribution is -0.0862. The van der Waals surface area contributed by atoms with E-state index in [4.69, 9.17) is 18.9 Å². The van der Waals surface area contributed by atoms with Gasteiger partial charge in [-0.3, -0.25) is 9.36 Å². The maximum Gasteiger partial charge on any atom is 0.302 e. The average Bonchev–Trinajstić information content (AvgIpc) is 3.29. The van der Waals surface area contributed by atoms with Crippen molar-refractivity contribution in [3.63, 3.8) is 0 Å². The summed E-state index contributed by atoms with van der Waals surface area (Å²) >= 11 is 0. The first kappa shape index (κ1) is 19.0. The minimum Gasteiger partial charge on any atom is -0.453 e. The molecule has 1 saturated heterocycles. The Morgan fingerprint density at radius 3 is 2.37 bits per heavy atom. The van der Waals surface area contributed by atoms with Crippen LogP contribution in [0.1, 0.15) is 17.4 Å². The van der Waals surface area contributed by atoms with Gasteiger partial charge in [-0.05, 0) is 11.1 Å². The number of hydrogen-bond donors (Lipinski definition) is 0. The monoisotopic (exact) mass is 406 g/mol. The molecule has 30 heavy (non-hydrogen) atoms. The molecule has 1 fully saturated rings. The van der Waals surface area contributed by atoms with Gasteiger partial charge >= 0.3 is 6.01 Å². The Hall–Kier alpha value is -3.00. The zero-order chi connectivity index (χ0) is 20.3. The molecule has 0 N–H and O–H groups in total. The Morgan fingerprint density at radius 1 is 0.933 bits per heavy atom. The van der Waals surface area contributed by atoms with Gasteiger partial charge in [0, 0.05) is 12.3 Å². The van der Waals surface area contributed by atoms with E-state index in [1.54, 1.807) is 10.8 Å². The molecule has 0 saturated carbocycles. The van der Waals surface area contributed by atoms with Crippen LogP contribution in [0.5, 0.6) is 6.01 Å². The Bertz CT molecular complexity index is 1040. The molecule has 3 heterocycles. The second-order valence-corrected chi connectivity index (χ2v) is 7.37. The Balaban J connectivity index is 1.30. The fourth-order valence-corrected chi connectivity index (χ4v) is 3.83. The lowest BCUT2D eigenvalue weighted by atomic mass is 10.1. The van der Waals surface area contributed by atoms with Gasteiger partial charge in [0.15, 0.2) is 12.3 Å². The van der Waals surface area contributed by atoms with Crippen LogP contribution in [0.2, 0.25) is 0 Å². The van der Waals surface area contributed by atoms with Gasteiger partial charge in [-0.2, -0.15) is 4.98 Å². The second kappa shape index (κ2) is 8.39. The topological polar surface area (TPSA) is 71.8 Å². The van der Waals surface area contributed by atoms with Crippen LogP contribution in [0, 0.1) is 0 Å². The first-order valence-corrected chi connectivity index (χ1v) is 9.96. The van der Waals surface area contributed by atoms with Crippen molar-refractivity contribution >= 4 is 0 Å². The minimum absolute atomic E-state index is 0.259. The summed E-state index contributed by atoms with van der Waals surface area (Å²) in [7, 11) is 0. The van der Waals surface area contributed by atoms with Crippen molar-refractivity contribution in [2.24, 2.45) is 0 Å². The van der Waals surface area contributed by atoms with Gasteiger partial charge in [-0.1, -0.05) is 60.7 Å². The molecular weight excluding hydrogens is 384 g/mol. The smallest absolute Gasteiger partial charge is 0.302 e. The molecule has 0 radical (unpaired) electrons. The number of rotatable bonds is 7. The average molecular weight is 406 g/mol. The number of aromatic nitrogens is 2. The first-order chi connectivity index (χ1) is 14.8. The molecule has 0 spiro atoms. The molecule has 2 aliphatic heterocycles. The standard InChI is InChI=1S/C23H22N2O5/c26-19-11-12-25-22-21(30-23(25)24-19)20(28-14-17-9-5-2-6-10-17)18(29-22)15-27-13-16-7-3-1-4-8-16/h1-12,18,20-22H,13-15H2/t18-,20-,21+,22-/m1/s1. The van der Waals surface area contributed by atoms with E-state index in [1.165, 1.54) is 6.07 Å². The van der Waals surface area contributed by atoms with Gasteiger partial charge in [0.2, 0.25) is 0 Å². The van der Waals surface area contributed by atoms with Crippen LogP contribution in [0.15, 0.2) is 77.7 Å². The molecule has 2 aromatic carbocycles. The van der Waals surface area contributed by atoms with E-state index in [1.807, 2.05) is 60.7 Å². The molecule has 7 heteroatoms. The van der Waals surface area contributed by atoms with Crippen LogP contribution < -0.4 is 10.3 Å². The number of nitrogens with zero attached hydrogens (tertiary/aromatic N) is 2. The molecule has 0 unspecified atom stereocenters. The van der Waals surface area contributed by atoms with Crippen LogP contribution in [-0.2, 0) is 27.4 Å². The van der Waals surface area contributed by atoms with Crippen molar-refractivity contribution in [1.82, 2.24) is 9.55 Å². The predicted molar refractivity (Wildman–Crippen MR) is 108 cm³/mol. The van der Waals surface area contributed by atoms with Crippen molar-refractivity contribution in [3.05, 3.63) is 94.4 Å². The molecule has 5 rings (SSSR count). The number of ether oxygens (including phenoxy) is 4. The van der Waals surface area contributed by atoms with Crippen molar-refractivity contribution in [1.29, 1.82) is 0 Å². The van der Waals surface area contributed by atoms with E-state index in [-0.39, 0.29) is 23.8 Å². The summed E-state index contributed by atoms with van der Waals surface area (Å²) in [5.41, 5.74) is 1.82. The van der Waals surface area contributed by atoms with Crippen molar-refractivity contribution in [2.75, 3.05) is 6.61 Å². The van der Waals surface area contributed by atoms with Crippen LogP contribution >= 0.6 is 0 Å². The van der Waals surface area contributed by atoms with Gasteiger partial charge in [0.1, 0.15) is 12.2 Å². The van der Waals surface area contributed by atoms with Crippen molar-refractivity contribution in [3.8, 4) is 6.01 Å². The van der Waals surface area contributed by atoms with E-state index in [0.717, 1.165) is 11.1 Å². The van der Waals surface area contributed by atoms with Crippen molar-refractivity contribution in [2.45, 2.75) is 37.8 Å². The summed E-state index contributed by atoms with van der Waals surface area (Å²) in [6.07, 6.45) is 0.187. The molecule has 2 aliphatic rings. The fourth-order valence-electron chi connectivity index (χ4n) is 3.83. The van der Waals surface area contributed by atoms with E-state index >= 15 is 0 Å². The van der Waals surface area contributed by atoms with E-state index in [2.05, 4.69) is 4.98 Å². The predicted octanol–water partition coefficient (Wildman–Crippen LogP) is 2.70. The van der Waals surface area contributed by atoms with Gasteiger partial charge < -0.3 is 18.9 Å². The number of benzene rings is 2. The zero-order valence-electron chi connectivity index (χ0n) is 16.3. The van der Waals surface area contributed by atoms with E-state index < -0.39 is 12.3 Å². The summed E-state index contributed by atoms with van der Waals surface area (Å²) < 4.78 is 26.1. The fraction of sp³-hybridized carbons (Fsp3) is 0.304.